The van der Waals surface area contributed by atoms with Gasteiger partial charge in [-0.2, -0.15) is 5.11 Å². The zero-order valence-electron chi connectivity index (χ0n) is 11.5. The summed E-state index contributed by atoms with van der Waals surface area (Å²) in [5.74, 6) is 0. The van der Waals surface area contributed by atoms with Crippen LogP contribution in [0.15, 0.2) is 75.8 Å². The molecule has 5 heteroatoms. The molecule has 0 aliphatic carbocycles. The molecule has 3 rings (SSSR count). The quantitative estimate of drug-likeness (QED) is 0.726. The van der Waals surface area contributed by atoms with Gasteiger partial charge in [0.15, 0.2) is 5.69 Å². The van der Waals surface area contributed by atoms with Crippen LogP contribution >= 0.6 is 0 Å². The van der Waals surface area contributed by atoms with Gasteiger partial charge in [0.25, 0.3) is 5.56 Å². The Labute approximate surface area is 121 Å². The van der Waals surface area contributed by atoms with Crippen molar-refractivity contribution in [1.82, 2.24) is 9.78 Å². The number of para-hydroxylation sites is 1. The Balaban J connectivity index is 1.89. The van der Waals surface area contributed by atoms with E-state index in [1.54, 1.807) is 6.20 Å². The number of aromatic amines is 1. The lowest BCUT2D eigenvalue weighted by Gasteiger charge is -1.98. The van der Waals surface area contributed by atoms with E-state index in [1.165, 1.54) is 4.68 Å². The second-order valence-corrected chi connectivity index (χ2v) is 4.67. The maximum absolute atomic E-state index is 12.2. The van der Waals surface area contributed by atoms with E-state index in [9.17, 15) is 4.79 Å². The molecule has 1 N–H and O–H groups in total. The predicted octanol–water partition coefficient (Wildman–Crippen LogP) is 3.89. The standard InChI is InChI=1S/C16H14N4O/c1-12-7-9-13(10-8-12)18-19-15-11-17-20(16(15)21)14-5-3-2-4-6-14/h2-11,17H,1H3. The molecule has 0 fully saturated rings. The minimum Gasteiger partial charge on any atom is -0.296 e. The number of aromatic nitrogens is 2. The lowest BCUT2D eigenvalue weighted by atomic mass is 10.2. The molecule has 0 saturated carbocycles. The molecule has 0 bridgehead atoms. The normalized spacial score (nSPS) is 11.1. The van der Waals surface area contributed by atoms with Crippen molar-refractivity contribution in [2.45, 2.75) is 6.92 Å². The monoisotopic (exact) mass is 278 g/mol. The van der Waals surface area contributed by atoms with Crippen molar-refractivity contribution >= 4 is 11.4 Å². The zero-order chi connectivity index (χ0) is 14.7. The average Bonchev–Trinajstić information content (AvgIpc) is 2.89. The van der Waals surface area contributed by atoms with E-state index in [-0.39, 0.29) is 11.2 Å². The molecule has 0 atom stereocenters. The smallest absolute Gasteiger partial charge is 0.296 e. The third-order valence-electron chi connectivity index (χ3n) is 3.07. The van der Waals surface area contributed by atoms with Crippen LogP contribution in [0.1, 0.15) is 5.56 Å². The maximum Gasteiger partial charge on any atom is 0.298 e. The Bertz CT molecular complexity index is 813. The zero-order valence-corrected chi connectivity index (χ0v) is 11.5. The first-order chi connectivity index (χ1) is 10.2. The van der Waals surface area contributed by atoms with Crippen molar-refractivity contribution in [3.8, 4) is 5.69 Å². The fraction of sp³-hybridized carbons (Fsp3) is 0.0625. The molecule has 1 heterocycles. The number of hydrogen-bond acceptors (Lipinski definition) is 3. The Morgan fingerprint density at radius 3 is 2.38 bits per heavy atom. The molecule has 0 amide bonds. The molecule has 0 saturated heterocycles. The van der Waals surface area contributed by atoms with Crippen LogP contribution in [0.5, 0.6) is 0 Å². The molecule has 2 aromatic carbocycles. The lowest BCUT2D eigenvalue weighted by molar-refractivity contribution is 0.849. The number of H-pyrrole nitrogens is 1. The predicted molar refractivity (Wildman–Crippen MR) is 81.7 cm³/mol. The summed E-state index contributed by atoms with van der Waals surface area (Å²) in [7, 11) is 0. The van der Waals surface area contributed by atoms with Crippen molar-refractivity contribution in [2.24, 2.45) is 10.2 Å². The van der Waals surface area contributed by atoms with Crippen LogP contribution in [0, 0.1) is 6.92 Å². The molecule has 21 heavy (non-hydrogen) atoms. The Hall–Kier alpha value is -2.95. The lowest BCUT2D eigenvalue weighted by Crippen LogP contribution is -2.13. The SMILES string of the molecule is Cc1ccc(N=Nc2c[nH]n(-c3ccccc3)c2=O)cc1. The van der Waals surface area contributed by atoms with E-state index in [0.29, 0.717) is 5.69 Å². The van der Waals surface area contributed by atoms with E-state index in [1.807, 2.05) is 61.5 Å². The van der Waals surface area contributed by atoms with E-state index in [2.05, 4.69) is 15.3 Å². The molecule has 104 valence electrons. The molecule has 0 spiro atoms. The molecule has 0 radical (unpaired) electrons. The van der Waals surface area contributed by atoms with Gasteiger partial charge in [0.1, 0.15) is 0 Å². The molecule has 0 aliphatic rings. The van der Waals surface area contributed by atoms with Crippen molar-refractivity contribution in [1.29, 1.82) is 0 Å². The summed E-state index contributed by atoms with van der Waals surface area (Å²) < 4.78 is 1.43. The second kappa shape index (κ2) is 5.58. The van der Waals surface area contributed by atoms with E-state index >= 15 is 0 Å². The van der Waals surface area contributed by atoms with Crippen molar-refractivity contribution in [3.05, 3.63) is 76.7 Å². The topological polar surface area (TPSA) is 62.5 Å². The van der Waals surface area contributed by atoms with Crippen LogP contribution in [0.3, 0.4) is 0 Å². The van der Waals surface area contributed by atoms with Crippen LogP contribution in [0.2, 0.25) is 0 Å². The third-order valence-corrected chi connectivity index (χ3v) is 3.07. The van der Waals surface area contributed by atoms with Gasteiger partial charge >= 0.3 is 0 Å². The van der Waals surface area contributed by atoms with Gasteiger partial charge < -0.3 is 0 Å². The fourth-order valence-electron chi connectivity index (χ4n) is 1.92. The fourth-order valence-corrected chi connectivity index (χ4v) is 1.92. The minimum absolute atomic E-state index is 0.225. The van der Waals surface area contributed by atoms with Gasteiger partial charge in [-0.25, -0.2) is 4.68 Å². The molecule has 5 nitrogen and oxygen atoms in total. The largest absolute Gasteiger partial charge is 0.298 e. The van der Waals surface area contributed by atoms with E-state index in [0.717, 1.165) is 11.3 Å². The van der Waals surface area contributed by atoms with Crippen molar-refractivity contribution in [2.75, 3.05) is 0 Å². The molecule has 1 aromatic heterocycles. The second-order valence-electron chi connectivity index (χ2n) is 4.67. The van der Waals surface area contributed by atoms with Crippen LogP contribution in [-0.2, 0) is 0 Å². The third kappa shape index (κ3) is 2.81. The summed E-state index contributed by atoms with van der Waals surface area (Å²) in [6.07, 6.45) is 1.55. The number of benzene rings is 2. The van der Waals surface area contributed by atoms with Gasteiger partial charge in [-0.15, -0.1) is 5.11 Å². The van der Waals surface area contributed by atoms with Crippen LogP contribution in [-0.4, -0.2) is 9.78 Å². The highest BCUT2D eigenvalue weighted by Gasteiger charge is 2.06. The van der Waals surface area contributed by atoms with Crippen LogP contribution < -0.4 is 5.56 Å². The van der Waals surface area contributed by atoms with Crippen molar-refractivity contribution < 1.29 is 0 Å². The van der Waals surface area contributed by atoms with Crippen LogP contribution in [0.25, 0.3) is 5.69 Å². The molecule has 0 aliphatic heterocycles. The molecule has 0 unspecified atom stereocenters. The number of aryl methyl sites for hydroxylation is 1. The summed E-state index contributed by atoms with van der Waals surface area (Å²) in [5.41, 5.74) is 2.69. The number of nitrogens with zero attached hydrogens (tertiary/aromatic N) is 3. The van der Waals surface area contributed by atoms with Gasteiger partial charge in [0, 0.05) is 0 Å². The van der Waals surface area contributed by atoms with Gasteiger partial charge in [-0.05, 0) is 31.2 Å². The first-order valence-electron chi connectivity index (χ1n) is 6.58. The molecule has 3 aromatic rings. The molecular weight excluding hydrogens is 264 g/mol. The highest BCUT2D eigenvalue weighted by Crippen LogP contribution is 2.16. The summed E-state index contributed by atoms with van der Waals surface area (Å²) in [5, 5.41) is 11.0. The van der Waals surface area contributed by atoms with Gasteiger partial charge in [0.05, 0.1) is 17.6 Å². The summed E-state index contributed by atoms with van der Waals surface area (Å²) in [6.45, 7) is 2.01. The van der Waals surface area contributed by atoms with Gasteiger partial charge in [-0.1, -0.05) is 35.9 Å². The van der Waals surface area contributed by atoms with E-state index < -0.39 is 0 Å². The maximum atomic E-state index is 12.2. The number of rotatable bonds is 3. The van der Waals surface area contributed by atoms with Gasteiger partial charge in [0.2, 0.25) is 0 Å². The van der Waals surface area contributed by atoms with Crippen molar-refractivity contribution in [3.63, 3.8) is 0 Å². The Kier molecular flexibility index (Phi) is 3.47. The Morgan fingerprint density at radius 1 is 0.952 bits per heavy atom. The van der Waals surface area contributed by atoms with Gasteiger partial charge in [-0.3, -0.25) is 9.89 Å². The average molecular weight is 278 g/mol. The number of hydrogen-bond donors (Lipinski definition) is 1. The summed E-state index contributed by atoms with van der Waals surface area (Å²) in [6, 6.07) is 17.0. The minimum atomic E-state index is -0.225. The first kappa shape index (κ1) is 13.1. The van der Waals surface area contributed by atoms with Crippen LogP contribution in [0.4, 0.5) is 11.4 Å². The highest BCUT2D eigenvalue weighted by atomic mass is 16.1. The Morgan fingerprint density at radius 2 is 1.67 bits per heavy atom. The first-order valence-corrected chi connectivity index (χ1v) is 6.58. The summed E-state index contributed by atoms with van der Waals surface area (Å²) in [4.78, 5) is 12.2. The highest BCUT2D eigenvalue weighted by molar-refractivity contribution is 5.41. The molecular formula is C16H14N4O. The number of azo groups is 1. The summed E-state index contributed by atoms with van der Waals surface area (Å²) >= 11 is 0. The van der Waals surface area contributed by atoms with E-state index in [4.69, 9.17) is 0 Å². The number of nitrogens with one attached hydrogen (secondary N) is 1.